The zero-order chi connectivity index (χ0) is 20.9. The Morgan fingerprint density at radius 1 is 1.23 bits per heavy atom. The molecule has 1 N–H and O–H groups in total. The SMILES string of the molecule is COCc1c(C(=O)Nc2cccc(OCCn3cccn3)c2)sc2cccc(F)c12. The number of ether oxygens (including phenoxy) is 2. The summed E-state index contributed by atoms with van der Waals surface area (Å²) in [5.41, 5.74) is 1.15. The Kier molecular flexibility index (Phi) is 6.06. The molecule has 2 heterocycles. The number of carbonyl (C=O) groups is 1. The molecular formula is C22H20FN3O3S. The number of anilines is 1. The molecule has 0 unspecified atom stereocenters. The molecule has 4 rings (SSSR count). The fourth-order valence-corrected chi connectivity index (χ4v) is 4.29. The van der Waals surface area contributed by atoms with E-state index in [-0.39, 0.29) is 18.3 Å². The molecule has 2 aromatic carbocycles. The van der Waals surface area contributed by atoms with Gasteiger partial charge in [-0.05, 0) is 30.3 Å². The molecule has 0 aliphatic heterocycles. The van der Waals surface area contributed by atoms with E-state index in [1.165, 1.54) is 24.5 Å². The molecule has 0 saturated carbocycles. The smallest absolute Gasteiger partial charge is 0.266 e. The zero-order valence-corrected chi connectivity index (χ0v) is 17.1. The molecule has 4 aromatic rings. The van der Waals surface area contributed by atoms with Gasteiger partial charge in [0, 0.05) is 46.9 Å². The lowest BCUT2D eigenvalue weighted by Gasteiger charge is -2.10. The molecule has 0 radical (unpaired) electrons. The number of rotatable bonds is 8. The topological polar surface area (TPSA) is 65.4 Å². The van der Waals surface area contributed by atoms with Gasteiger partial charge in [0.25, 0.3) is 5.91 Å². The molecule has 30 heavy (non-hydrogen) atoms. The van der Waals surface area contributed by atoms with Gasteiger partial charge in [-0.2, -0.15) is 5.10 Å². The van der Waals surface area contributed by atoms with Crippen molar-refractivity contribution in [2.24, 2.45) is 0 Å². The van der Waals surface area contributed by atoms with Crippen LogP contribution in [0.1, 0.15) is 15.2 Å². The molecule has 0 aliphatic carbocycles. The third-order valence-corrected chi connectivity index (χ3v) is 5.69. The van der Waals surface area contributed by atoms with Crippen molar-refractivity contribution in [1.29, 1.82) is 0 Å². The van der Waals surface area contributed by atoms with Crippen LogP contribution in [0.3, 0.4) is 0 Å². The van der Waals surface area contributed by atoms with Crippen LogP contribution in [0.15, 0.2) is 60.9 Å². The van der Waals surface area contributed by atoms with Crippen molar-refractivity contribution in [1.82, 2.24) is 9.78 Å². The predicted octanol–water partition coefficient (Wildman–Crippen LogP) is 4.71. The molecule has 0 aliphatic rings. The molecule has 2 aromatic heterocycles. The number of halogens is 1. The summed E-state index contributed by atoms with van der Waals surface area (Å²) in [5.74, 6) is -0.0294. The predicted molar refractivity (Wildman–Crippen MR) is 115 cm³/mol. The van der Waals surface area contributed by atoms with Gasteiger partial charge in [0.1, 0.15) is 18.2 Å². The number of carbonyl (C=O) groups excluding carboxylic acids is 1. The highest BCUT2D eigenvalue weighted by Crippen LogP contribution is 2.34. The standard InChI is InChI=1S/C22H20FN3O3S/c1-28-14-17-20-18(23)7-3-8-19(20)30-21(17)22(27)25-15-5-2-6-16(13-15)29-12-11-26-10-4-9-24-26/h2-10,13H,11-12,14H2,1H3,(H,25,27). The first-order valence-electron chi connectivity index (χ1n) is 9.36. The number of thiophene rings is 1. The third-order valence-electron chi connectivity index (χ3n) is 4.50. The van der Waals surface area contributed by atoms with Crippen LogP contribution in [0.2, 0.25) is 0 Å². The molecule has 1 amide bonds. The maximum atomic E-state index is 14.3. The first-order chi connectivity index (χ1) is 14.7. The fourth-order valence-electron chi connectivity index (χ4n) is 3.17. The number of amides is 1. The van der Waals surface area contributed by atoms with Crippen LogP contribution in [-0.2, 0) is 17.9 Å². The van der Waals surface area contributed by atoms with Gasteiger partial charge in [-0.25, -0.2) is 4.39 Å². The maximum Gasteiger partial charge on any atom is 0.266 e. The van der Waals surface area contributed by atoms with Crippen molar-refractivity contribution in [3.63, 3.8) is 0 Å². The molecule has 0 atom stereocenters. The fraction of sp³-hybridized carbons (Fsp3) is 0.182. The maximum absolute atomic E-state index is 14.3. The van der Waals surface area contributed by atoms with Gasteiger partial charge in [-0.15, -0.1) is 11.3 Å². The van der Waals surface area contributed by atoms with Gasteiger partial charge < -0.3 is 14.8 Å². The minimum absolute atomic E-state index is 0.153. The van der Waals surface area contributed by atoms with Crippen molar-refractivity contribution >= 4 is 33.0 Å². The third kappa shape index (κ3) is 4.34. The minimum atomic E-state index is -0.359. The normalized spacial score (nSPS) is 11.0. The number of benzene rings is 2. The highest BCUT2D eigenvalue weighted by Gasteiger charge is 2.21. The first kappa shape index (κ1) is 20.1. The van der Waals surface area contributed by atoms with E-state index in [0.29, 0.717) is 45.1 Å². The Hall–Kier alpha value is -3.23. The Bertz CT molecular complexity index is 1160. The lowest BCUT2D eigenvalue weighted by molar-refractivity contribution is 0.102. The van der Waals surface area contributed by atoms with E-state index < -0.39 is 0 Å². The van der Waals surface area contributed by atoms with Crippen LogP contribution in [-0.4, -0.2) is 29.4 Å². The summed E-state index contributed by atoms with van der Waals surface area (Å²) in [5, 5.41) is 7.44. The summed E-state index contributed by atoms with van der Waals surface area (Å²) in [6.45, 7) is 1.23. The van der Waals surface area contributed by atoms with E-state index in [1.54, 1.807) is 41.2 Å². The van der Waals surface area contributed by atoms with Crippen LogP contribution >= 0.6 is 11.3 Å². The number of nitrogens with zero attached hydrogens (tertiary/aromatic N) is 2. The van der Waals surface area contributed by atoms with Crippen LogP contribution in [0.5, 0.6) is 5.75 Å². The van der Waals surface area contributed by atoms with Gasteiger partial charge in [0.2, 0.25) is 0 Å². The van der Waals surface area contributed by atoms with Gasteiger partial charge in [0.05, 0.1) is 18.0 Å². The number of hydrogen-bond donors (Lipinski definition) is 1. The minimum Gasteiger partial charge on any atom is -0.492 e. The second kappa shape index (κ2) is 9.06. The molecule has 0 spiro atoms. The quantitative estimate of drug-likeness (QED) is 0.444. The highest BCUT2D eigenvalue weighted by molar-refractivity contribution is 7.21. The van der Waals surface area contributed by atoms with E-state index in [9.17, 15) is 9.18 Å². The number of nitrogens with one attached hydrogen (secondary N) is 1. The number of fused-ring (bicyclic) bond motifs is 1. The van der Waals surface area contributed by atoms with Crippen LogP contribution in [0.25, 0.3) is 10.1 Å². The molecule has 6 nitrogen and oxygen atoms in total. The van der Waals surface area contributed by atoms with Gasteiger partial charge in [-0.3, -0.25) is 9.48 Å². The van der Waals surface area contributed by atoms with Crippen molar-refractivity contribution in [2.45, 2.75) is 13.2 Å². The Labute approximate surface area is 176 Å². The van der Waals surface area contributed by atoms with E-state index in [0.717, 1.165) is 0 Å². The highest BCUT2D eigenvalue weighted by atomic mass is 32.1. The van der Waals surface area contributed by atoms with E-state index in [2.05, 4.69) is 10.4 Å². The lowest BCUT2D eigenvalue weighted by Crippen LogP contribution is -2.13. The monoisotopic (exact) mass is 425 g/mol. The molecule has 0 bridgehead atoms. The van der Waals surface area contributed by atoms with Crippen LogP contribution < -0.4 is 10.1 Å². The summed E-state index contributed by atoms with van der Waals surface area (Å²) in [6, 6.07) is 13.8. The van der Waals surface area contributed by atoms with Crippen molar-refractivity contribution < 1.29 is 18.7 Å². The molecule has 8 heteroatoms. The average Bonchev–Trinajstić information content (AvgIpc) is 3.37. The summed E-state index contributed by atoms with van der Waals surface area (Å²) < 4.78 is 27.8. The number of hydrogen-bond acceptors (Lipinski definition) is 5. The molecule has 0 saturated heterocycles. The average molecular weight is 425 g/mol. The Balaban J connectivity index is 1.50. The zero-order valence-electron chi connectivity index (χ0n) is 16.3. The summed E-state index contributed by atoms with van der Waals surface area (Å²) >= 11 is 1.25. The van der Waals surface area contributed by atoms with Crippen LogP contribution in [0.4, 0.5) is 10.1 Å². The van der Waals surface area contributed by atoms with Crippen LogP contribution in [0, 0.1) is 5.82 Å². The van der Waals surface area contributed by atoms with Crippen molar-refractivity contribution in [2.75, 3.05) is 19.0 Å². The second-order valence-electron chi connectivity index (χ2n) is 6.56. The molecule has 0 fully saturated rings. The second-order valence-corrected chi connectivity index (χ2v) is 7.61. The number of aromatic nitrogens is 2. The lowest BCUT2D eigenvalue weighted by atomic mass is 10.1. The molecule has 154 valence electrons. The Morgan fingerprint density at radius 3 is 2.90 bits per heavy atom. The van der Waals surface area contributed by atoms with Gasteiger partial charge in [0.15, 0.2) is 0 Å². The van der Waals surface area contributed by atoms with Crippen molar-refractivity contribution in [3.8, 4) is 5.75 Å². The Morgan fingerprint density at radius 2 is 2.10 bits per heavy atom. The van der Waals surface area contributed by atoms with E-state index >= 15 is 0 Å². The molecular weight excluding hydrogens is 405 g/mol. The number of methoxy groups -OCH3 is 1. The van der Waals surface area contributed by atoms with E-state index in [1.807, 2.05) is 18.3 Å². The first-order valence-corrected chi connectivity index (χ1v) is 10.2. The van der Waals surface area contributed by atoms with Gasteiger partial charge >= 0.3 is 0 Å². The van der Waals surface area contributed by atoms with E-state index in [4.69, 9.17) is 9.47 Å². The summed E-state index contributed by atoms with van der Waals surface area (Å²) in [4.78, 5) is 13.4. The van der Waals surface area contributed by atoms with Gasteiger partial charge in [-0.1, -0.05) is 12.1 Å². The summed E-state index contributed by atoms with van der Waals surface area (Å²) in [6.07, 6.45) is 3.58. The van der Waals surface area contributed by atoms with Crippen molar-refractivity contribution in [3.05, 3.63) is 77.2 Å². The largest absolute Gasteiger partial charge is 0.492 e. The summed E-state index contributed by atoms with van der Waals surface area (Å²) in [7, 11) is 1.52.